The van der Waals surface area contributed by atoms with E-state index in [1.165, 1.54) is 0 Å². The highest BCUT2D eigenvalue weighted by atomic mass is 16.5. The minimum Gasteiger partial charge on any atom is -0.394 e. The molecule has 0 bridgehead atoms. The topological polar surface area (TPSA) is 91.7 Å². The van der Waals surface area contributed by atoms with Crippen LogP contribution >= 0.6 is 0 Å². The van der Waals surface area contributed by atoms with Crippen LogP contribution in [0.2, 0.25) is 0 Å². The Morgan fingerprint density at radius 3 is 2.75 bits per heavy atom. The third-order valence-corrected chi connectivity index (χ3v) is 2.73. The van der Waals surface area contributed by atoms with E-state index in [9.17, 15) is 0 Å². The van der Waals surface area contributed by atoms with Gasteiger partial charge in [-0.25, -0.2) is 0 Å². The van der Waals surface area contributed by atoms with Gasteiger partial charge in [0.2, 0.25) is 5.89 Å². The van der Waals surface area contributed by atoms with Crippen molar-refractivity contribution in [3.05, 3.63) is 5.89 Å². The molecule has 1 fully saturated rings. The zero-order valence-electron chi connectivity index (χ0n) is 9.33. The maximum atomic E-state index is 8.87. The first kappa shape index (κ1) is 11.3. The lowest BCUT2D eigenvalue weighted by atomic mass is 10.3. The molecule has 1 atom stereocenters. The van der Waals surface area contributed by atoms with Crippen LogP contribution in [-0.2, 0) is 0 Å². The number of piperazine rings is 1. The van der Waals surface area contributed by atoms with Gasteiger partial charge in [-0.1, -0.05) is 0 Å². The second-order valence-corrected chi connectivity index (χ2v) is 4.01. The van der Waals surface area contributed by atoms with E-state index in [1.54, 1.807) is 0 Å². The summed E-state index contributed by atoms with van der Waals surface area (Å²) in [5, 5.41) is 12.7. The quantitative estimate of drug-likeness (QED) is 0.671. The lowest BCUT2D eigenvalue weighted by molar-refractivity contribution is 0.237. The molecule has 1 aliphatic rings. The Morgan fingerprint density at radius 2 is 2.12 bits per heavy atom. The number of aromatic nitrogens is 2. The SMILES string of the molecule is CN1CCN(c2noc(C(N)CO)n2)CC1. The van der Waals surface area contributed by atoms with Gasteiger partial charge in [0.15, 0.2) is 0 Å². The Bertz CT molecular complexity index is 334. The molecule has 7 heteroatoms. The zero-order chi connectivity index (χ0) is 11.5. The predicted octanol–water partition coefficient (Wildman–Crippen LogP) is -1.19. The minimum absolute atomic E-state index is 0.190. The fraction of sp³-hybridized carbons (Fsp3) is 0.778. The molecule has 1 unspecified atom stereocenters. The van der Waals surface area contributed by atoms with Crippen molar-refractivity contribution in [3.63, 3.8) is 0 Å². The summed E-state index contributed by atoms with van der Waals surface area (Å²) in [6.45, 7) is 3.53. The van der Waals surface area contributed by atoms with E-state index in [4.69, 9.17) is 15.4 Å². The molecule has 1 aromatic rings. The molecule has 2 rings (SSSR count). The summed E-state index contributed by atoms with van der Waals surface area (Å²) in [6.07, 6.45) is 0. The van der Waals surface area contributed by atoms with Crippen molar-refractivity contribution in [2.75, 3.05) is 44.7 Å². The fourth-order valence-corrected chi connectivity index (χ4v) is 1.59. The summed E-state index contributed by atoms with van der Waals surface area (Å²) in [5.41, 5.74) is 5.59. The average molecular weight is 227 g/mol. The first-order valence-corrected chi connectivity index (χ1v) is 5.34. The number of nitrogens with two attached hydrogens (primary N) is 1. The van der Waals surface area contributed by atoms with E-state index in [1.807, 2.05) is 0 Å². The van der Waals surface area contributed by atoms with Crippen molar-refractivity contribution in [3.8, 4) is 0 Å². The lowest BCUT2D eigenvalue weighted by Crippen LogP contribution is -2.44. The standard InChI is InChI=1S/C9H17N5O2/c1-13-2-4-14(5-3-13)9-11-8(16-12-9)7(10)6-15/h7,15H,2-6,10H2,1H3. The van der Waals surface area contributed by atoms with Crippen molar-refractivity contribution in [1.29, 1.82) is 0 Å². The first-order valence-electron chi connectivity index (χ1n) is 5.34. The summed E-state index contributed by atoms with van der Waals surface area (Å²) in [6, 6.07) is -0.589. The van der Waals surface area contributed by atoms with Crippen molar-refractivity contribution < 1.29 is 9.63 Å². The second-order valence-electron chi connectivity index (χ2n) is 4.01. The molecule has 0 aliphatic carbocycles. The van der Waals surface area contributed by atoms with E-state index in [0.29, 0.717) is 5.95 Å². The number of hydrogen-bond acceptors (Lipinski definition) is 7. The molecule has 1 aromatic heterocycles. The zero-order valence-corrected chi connectivity index (χ0v) is 9.33. The van der Waals surface area contributed by atoms with Gasteiger partial charge in [-0.15, -0.1) is 0 Å². The summed E-state index contributed by atoms with van der Waals surface area (Å²) < 4.78 is 5.00. The van der Waals surface area contributed by atoms with Gasteiger partial charge in [-0.2, -0.15) is 4.98 Å². The van der Waals surface area contributed by atoms with E-state index in [0.717, 1.165) is 26.2 Å². The minimum atomic E-state index is -0.589. The monoisotopic (exact) mass is 227 g/mol. The van der Waals surface area contributed by atoms with Gasteiger partial charge in [0.05, 0.1) is 6.61 Å². The highest BCUT2D eigenvalue weighted by molar-refractivity contribution is 5.28. The van der Waals surface area contributed by atoms with E-state index >= 15 is 0 Å². The summed E-state index contributed by atoms with van der Waals surface area (Å²) >= 11 is 0. The molecule has 3 N–H and O–H groups in total. The van der Waals surface area contributed by atoms with Crippen LogP contribution in [0.25, 0.3) is 0 Å². The van der Waals surface area contributed by atoms with Crippen LogP contribution in [0, 0.1) is 0 Å². The highest BCUT2D eigenvalue weighted by Crippen LogP contribution is 2.14. The molecule has 90 valence electrons. The normalized spacial score (nSPS) is 20.1. The number of nitrogens with zero attached hydrogens (tertiary/aromatic N) is 4. The smallest absolute Gasteiger partial charge is 0.266 e. The Labute approximate surface area is 93.8 Å². The van der Waals surface area contributed by atoms with Gasteiger partial charge in [0, 0.05) is 26.2 Å². The molecule has 1 saturated heterocycles. The van der Waals surface area contributed by atoms with Crippen LogP contribution in [0.4, 0.5) is 5.95 Å². The van der Waals surface area contributed by atoms with Crippen LogP contribution < -0.4 is 10.6 Å². The molecule has 2 heterocycles. The van der Waals surface area contributed by atoms with Crippen molar-refractivity contribution >= 4 is 5.95 Å². The maximum Gasteiger partial charge on any atom is 0.266 e. The first-order chi connectivity index (χ1) is 7.70. The molecule has 0 radical (unpaired) electrons. The number of aliphatic hydroxyl groups excluding tert-OH is 1. The van der Waals surface area contributed by atoms with Gasteiger partial charge in [0.1, 0.15) is 6.04 Å². The van der Waals surface area contributed by atoms with Gasteiger partial charge >= 0.3 is 0 Å². The molecule has 1 aliphatic heterocycles. The lowest BCUT2D eigenvalue weighted by Gasteiger charge is -2.31. The molecule has 0 saturated carbocycles. The second kappa shape index (κ2) is 4.77. The Balaban J connectivity index is 2.01. The molecule has 0 aromatic carbocycles. The number of rotatable bonds is 3. The third kappa shape index (κ3) is 2.31. The van der Waals surface area contributed by atoms with Crippen LogP contribution in [-0.4, -0.2) is 60.0 Å². The molecule has 7 nitrogen and oxygen atoms in total. The molecule has 0 amide bonds. The summed E-state index contributed by atoms with van der Waals surface area (Å²) in [7, 11) is 2.08. The van der Waals surface area contributed by atoms with E-state index in [-0.39, 0.29) is 12.5 Å². The van der Waals surface area contributed by atoms with Crippen molar-refractivity contribution in [2.45, 2.75) is 6.04 Å². The Kier molecular flexibility index (Phi) is 3.37. The predicted molar refractivity (Wildman–Crippen MR) is 58.0 cm³/mol. The summed E-state index contributed by atoms with van der Waals surface area (Å²) in [4.78, 5) is 8.47. The van der Waals surface area contributed by atoms with Crippen molar-refractivity contribution in [1.82, 2.24) is 15.0 Å². The van der Waals surface area contributed by atoms with Gasteiger partial charge in [-0.05, 0) is 12.2 Å². The molecule has 0 spiro atoms. The Hall–Kier alpha value is -1.18. The summed E-state index contributed by atoms with van der Waals surface area (Å²) in [5.74, 6) is 0.850. The molecule has 16 heavy (non-hydrogen) atoms. The molecular weight excluding hydrogens is 210 g/mol. The fourth-order valence-electron chi connectivity index (χ4n) is 1.59. The van der Waals surface area contributed by atoms with Crippen LogP contribution in [0.1, 0.15) is 11.9 Å². The van der Waals surface area contributed by atoms with Gasteiger partial charge in [0.25, 0.3) is 5.95 Å². The number of hydrogen-bond donors (Lipinski definition) is 2. The number of anilines is 1. The largest absolute Gasteiger partial charge is 0.394 e. The van der Waals surface area contributed by atoms with Crippen LogP contribution in [0.5, 0.6) is 0 Å². The van der Waals surface area contributed by atoms with Crippen molar-refractivity contribution in [2.24, 2.45) is 5.73 Å². The number of aliphatic hydroxyl groups is 1. The van der Waals surface area contributed by atoms with E-state index < -0.39 is 6.04 Å². The van der Waals surface area contributed by atoms with E-state index in [2.05, 4.69) is 27.0 Å². The molecular formula is C9H17N5O2. The third-order valence-electron chi connectivity index (χ3n) is 2.73. The average Bonchev–Trinajstić information content (AvgIpc) is 2.78. The number of likely N-dealkylation sites (N-methyl/N-ethyl adjacent to an activating group) is 1. The van der Waals surface area contributed by atoms with Crippen LogP contribution in [0.3, 0.4) is 0 Å². The van der Waals surface area contributed by atoms with Gasteiger partial charge < -0.3 is 25.2 Å². The Morgan fingerprint density at radius 1 is 1.44 bits per heavy atom. The van der Waals surface area contributed by atoms with Crippen LogP contribution in [0.15, 0.2) is 4.52 Å². The maximum absolute atomic E-state index is 8.87. The highest BCUT2D eigenvalue weighted by Gasteiger charge is 2.20. The van der Waals surface area contributed by atoms with Gasteiger partial charge in [-0.3, -0.25) is 0 Å².